The van der Waals surface area contributed by atoms with Crippen LogP contribution in [0.25, 0.3) is 17.4 Å². The Morgan fingerprint density at radius 2 is 1.97 bits per heavy atom. The smallest absolute Gasteiger partial charge is 0.283 e. The number of hydrogen-bond acceptors (Lipinski definition) is 5. The lowest BCUT2D eigenvalue weighted by Gasteiger charge is -2.19. The van der Waals surface area contributed by atoms with Gasteiger partial charge >= 0.3 is 0 Å². The molecule has 2 aromatic rings. The quantitative estimate of drug-likeness (QED) is 0.590. The topological polar surface area (TPSA) is 82.0 Å². The van der Waals surface area contributed by atoms with Crippen molar-refractivity contribution in [2.24, 2.45) is 16.0 Å². The van der Waals surface area contributed by atoms with Crippen molar-refractivity contribution in [2.45, 2.75) is 20.3 Å². The van der Waals surface area contributed by atoms with Crippen molar-refractivity contribution in [1.82, 2.24) is 5.01 Å². The first kappa shape index (κ1) is 19.9. The van der Waals surface area contributed by atoms with Crippen molar-refractivity contribution in [2.75, 3.05) is 0 Å². The van der Waals surface area contributed by atoms with E-state index in [-0.39, 0.29) is 11.4 Å². The molecule has 0 aliphatic carbocycles. The number of carbonyl (C=O) groups is 1. The van der Waals surface area contributed by atoms with E-state index in [0.717, 1.165) is 17.0 Å². The van der Waals surface area contributed by atoms with Gasteiger partial charge in [-0.3, -0.25) is 10.2 Å². The monoisotopic (exact) mass is 446 g/mol. The molecule has 0 saturated heterocycles. The van der Waals surface area contributed by atoms with E-state index in [1.54, 1.807) is 30.3 Å². The van der Waals surface area contributed by atoms with Crippen molar-refractivity contribution in [1.29, 1.82) is 5.41 Å². The van der Waals surface area contributed by atoms with Gasteiger partial charge in [-0.2, -0.15) is 15.1 Å². The molecule has 3 heterocycles. The van der Waals surface area contributed by atoms with Crippen molar-refractivity contribution >= 4 is 63.0 Å². The molecule has 0 radical (unpaired) electrons. The number of furan rings is 1. The molecule has 4 rings (SSSR count). The number of hydrogen-bond donors (Lipinski definition) is 1. The largest absolute Gasteiger partial charge is 0.457 e. The van der Waals surface area contributed by atoms with Crippen LogP contribution in [0.5, 0.6) is 0 Å². The maximum Gasteiger partial charge on any atom is 0.283 e. The van der Waals surface area contributed by atoms with Gasteiger partial charge in [-0.1, -0.05) is 37.0 Å². The van der Waals surface area contributed by atoms with E-state index in [0.29, 0.717) is 32.7 Å². The molecule has 0 saturated carbocycles. The maximum atomic E-state index is 12.5. The summed E-state index contributed by atoms with van der Waals surface area (Å²) in [5.74, 6) is 0.883. The van der Waals surface area contributed by atoms with Crippen LogP contribution in [0.15, 0.2) is 50.4 Å². The van der Waals surface area contributed by atoms with E-state index in [9.17, 15) is 4.79 Å². The molecule has 29 heavy (non-hydrogen) atoms. The van der Waals surface area contributed by atoms with Gasteiger partial charge in [0, 0.05) is 22.0 Å². The van der Waals surface area contributed by atoms with Gasteiger partial charge in [0.15, 0.2) is 5.84 Å². The first-order valence-electron chi connectivity index (χ1n) is 8.85. The number of fused-ring (bicyclic) bond motifs is 1. The van der Waals surface area contributed by atoms with Crippen molar-refractivity contribution in [3.05, 3.63) is 51.7 Å². The summed E-state index contributed by atoms with van der Waals surface area (Å²) in [5.41, 5.74) is 0.838. The highest BCUT2D eigenvalue weighted by Gasteiger charge is 2.35. The molecule has 0 unspecified atom stereocenters. The minimum Gasteiger partial charge on any atom is -0.457 e. The fourth-order valence-electron chi connectivity index (χ4n) is 2.89. The van der Waals surface area contributed by atoms with Gasteiger partial charge in [0.2, 0.25) is 5.17 Å². The normalized spacial score (nSPS) is 17.8. The Labute approximate surface area is 181 Å². The number of nitrogens with zero attached hydrogens (tertiary/aromatic N) is 3. The molecule has 0 spiro atoms. The number of nitrogens with one attached hydrogen (secondary N) is 1. The van der Waals surface area contributed by atoms with E-state index < -0.39 is 5.91 Å². The number of hydrazone groups is 1. The van der Waals surface area contributed by atoms with Crippen LogP contribution in [0, 0.1) is 11.3 Å². The Kier molecular flexibility index (Phi) is 5.38. The van der Waals surface area contributed by atoms with Gasteiger partial charge in [-0.15, -0.1) is 0 Å². The summed E-state index contributed by atoms with van der Waals surface area (Å²) < 4.78 is 5.81. The van der Waals surface area contributed by atoms with Gasteiger partial charge in [-0.25, -0.2) is 0 Å². The second-order valence-electron chi connectivity index (χ2n) is 6.97. The van der Waals surface area contributed by atoms with Crippen LogP contribution in [0.3, 0.4) is 0 Å². The highest BCUT2D eigenvalue weighted by atomic mass is 35.5. The summed E-state index contributed by atoms with van der Waals surface area (Å²) in [6, 6.07) is 8.58. The zero-order chi connectivity index (χ0) is 20.7. The van der Waals surface area contributed by atoms with Gasteiger partial charge in [0.25, 0.3) is 5.91 Å². The van der Waals surface area contributed by atoms with Crippen LogP contribution in [0.4, 0.5) is 0 Å². The first-order chi connectivity index (χ1) is 13.8. The number of rotatable bonds is 4. The first-order valence-corrected chi connectivity index (χ1v) is 10.4. The van der Waals surface area contributed by atoms with Crippen LogP contribution in [-0.2, 0) is 4.79 Å². The second kappa shape index (κ2) is 7.82. The molecule has 0 atom stereocenters. The number of thioether (sulfide) groups is 1. The summed E-state index contributed by atoms with van der Waals surface area (Å²) >= 11 is 13.4. The molecule has 2 aliphatic rings. The minimum absolute atomic E-state index is 0.0185. The third kappa shape index (κ3) is 4.17. The summed E-state index contributed by atoms with van der Waals surface area (Å²) in [6.45, 7) is 4.18. The van der Waals surface area contributed by atoms with Crippen LogP contribution in [-0.4, -0.2) is 27.0 Å². The van der Waals surface area contributed by atoms with Gasteiger partial charge in [0.1, 0.15) is 16.6 Å². The molecule has 148 valence electrons. The van der Waals surface area contributed by atoms with Crippen molar-refractivity contribution in [3.8, 4) is 11.3 Å². The zero-order valence-electron chi connectivity index (χ0n) is 15.6. The fraction of sp³-hybridized carbons (Fsp3) is 0.200. The van der Waals surface area contributed by atoms with Crippen molar-refractivity contribution < 1.29 is 9.21 Å². The number of halogens is 2. The molecule has 1 aromatic heterocycles. The lowest BCUT2D eigenvalue weighted by atomic mass is 10.1. The zero-order valence-corrected chi connectivity index (χ0v) is 17.9. The highest BCUT2D eigenvalue weighted by Crippen LogP contribution is 2.32. The average molecular weight is 447 g/mol. The molecule has 1 N–H and O–H groups in total. The average Bonchev–Trinajstić information content (AvgIpc) is 3.24. The van der Waals surface area contributed by atoms with E-state index in [4.69, 9.17) is 33.0 Å². The molecule has 2 aliphatic heterocycles. The molecule has 1 amide bonds. The highest BCUT2D eigenvalue weighted by molar-refractivity contribution is 8.26. The van der Waals surface area contributed by atoms with Gasteiger partial charge < -0.3 is 4.42 Å². The van der Waals surface area contributed by atoms with Crippen LogP contribution in [0.1, 0.15) is 26.0 Å². The van der Waals surface area contributed by atoms with Gasteiger partial charge in [-0.05, 0) is 54.1 Å². The number of amides is 1. The molecule has 9 heteroatoms. The Balaban J connectivity index is 1.62. The Morgan fingerprint density at radius 1 is 1.24 bits per heavy atom. The SMILES string of the molecule is CC(C)CC1=NN2C(=N)/C(=C\c3ccc(-c4cc(Cl)cc(Cl)c4)o3)C(=O)N=C2S1. The summed E-state index contributed by atoms with van der Waals surface area (Å²) in [4.78, 5) is 16.6. The molecule has 1 aromatic carbocycles. The maximum absolute atomic E-state index is 12.5. The lowest BCUT2D eigenvalue weighted by Crippen LogP contribution is -2.35. The molecule has 0 fully saturated rings. The third-order valence-electron chi connectivity index (χ3n) is 4.14. The van der Waals surface area contributed by atoms with E-state index in [1.165, 1.54) is 22.8 Å². The third-order valence-corrected chi connectivity index (χ3v) is 5.51. The Bertz CT molecular complexity index is 1100. The number of benzene rings is 1. The molecule has 6 nitrogen and oxygen atoms in total. The fourth-order valence-corrected chi connectivity index (χ4v) is 4.51. The minimum atomic E-state index is -0.488. The molecular formula is C20H16Cl2N4O2S. The summed E-state index contributed by atoms with van der Waals surface area (Å²) in [7, 11) is 0. The van der Waals surface area contributed by atoms with E-state index in [1.807, 2.05) is 0 Å². The number of aliphatic imine (C=N–C) groups is 1. The van der Waals surface area contributed by atoms with E-state index >= 15 is 0 Å². The van der Waals surface area contributed by atoms with Crippen LogP contribution in [0.2, 0.25) is 10.0 Å². The lowest BCUT2D eigenvalue weighted by molar-refractivity contribution is -0.114. The van der Waals surface area contributed by atoms with Crippen LogP contribution >= 0.6 is 35.0 Å². The van der Waals surface area contributed by atoms with Crippen molar-refractivity contribution in [3.63, 3.8) is 0 Å². The summed E-state index contributed by atoms with van der Waals surface area (Å²) in [6.07, 6.45) is 2.27. The Morgan fingerprint density at radius 3 is 2.66 bits per heavy atom. The Hall–Kier alpha value is -2.35. The number of carbonyl (C=O) groups excluding carboxylic acids is 1. The van der Waals surface area contributed by atoms with Crippen LogP contribution < -0.4 is 0 Å². The summed E-state index contributed by atoms with van der Waals surface area (Å²) in [5, 5.41) is 16.5. The predicted octanol–water partition coefficient (Wildman–Crippen LogP) is 5.92. The van der Waals surface area contributed by atoms with E-state index in [2.05, 4.69) is 23.9 Å². The predicted molar refractivity (Wildman–Crippen MR) is 119 cm³/mol. The molecular weight excluding hydrogens is 431 g/mol. The standard InChI is InChI=1S/C20H16Cl2N4O2S/c1-10(2)5-17-25-26-18(23)15(19(27)24-20(26)29-17)9-14-3-4-16(28-14)11-6-12(21)8-13(22)7-11/h3-4,6-10,23H,5H2,1-2H3/b15-9+,23-18?. The van der Waals surface area contributed by atoms with Gasteiger partial charge in [0.05, 0.1) is 5.57 Å². The number of amidine groups is 2. The second-order valence-corrected chi connectivity index (χ2v) is 8.89. The molecule has 0 bridgehead atoms.